The van der Waals surface area contributed by atoms with E-state index in [1.54, 1.807) is 25.2 Å². The molecule has 0 aliphatic heterocycles. The highest BCUT2D eigenvalue weighted by Crippen LogP contribution is 1.91. The molecule has 0 aromatic rings. The molecule has 1 nitrogen and oxygen atoms in total. The summed E-state index contributed by atoms with van der Waals surface area (Å²) in [6.45, 7) is 5.32. The van der Waals surface area contributed by atoms with Gasteiger partial charge in [-0.1, -0.05) is 12.2 Å². The lowest BCUT2D eigenvalue weighted by atomic mass is 10.3. The van der Waals surface area contributed by atoms with Crippen molar-refractivity contribution in [1.29, 1.82) is 0 Å². The Morgan fingerprint density at radius 3 is 2.78 bits per heavy atom. The lowest BCUT2D eigenvalue weighted by Crippen LogP contribution is -1.69. The second-order valence-electron chi connectivity index (χ2n) is 1.64. The van der Waals surface area contributed by atoms with E-state index in [2.05, 4.69) is 6.58 Å². The van der Waals surface area contributed by atoms with E-state index in [0.717, 1.165) is 6.42 Å². The number of rotatable bonds is 3. The van der Waals surface area contributed by atoms with Crippen molar-refractivity contribution in [3.63, 3.8) is 0 Å². The number of hydrogen-bond acceptors (Lipinski definition) is 1. The molecule has 0 spiro atoms. The SMILES string of the molecule is C=CC/C=C\C(O)=C/C. The lowest BCUT2D eigenvalue weighted by molar-refractivity contribution is 0.431. The standard InChI is InChI=1S/C8H12O/c1-3-5-6-7-8(9)4-2/h3-4,6-7,9H,1,5H2,2H3/b7-6-,8-4+. The predicted octanol–water partition coefficient (Wildman–Crippen LogP) is 2.58. The van der Waals surface area contributed by atoms with Gasteiger partial charge in [0, 0.05) is 0 Å². The molecule has 9 heavy (non-hydrogen) atoms. The van der Waals surface area contributed by atoms with Crippen LogP contribution in [0.2, 0.25) is 0 Å². The largest absolute Gasteiger partial charge is 0.508 e. The molecule has 0 atom stereocenters. The van der Waals surface area contributed by atoms with Crippen LogP contribution >= 0.6 is 0 Å². The maximum Gasteiger partial charge on any atom is 0.111 e. The molecule has 0 bridgehead atoms. The Bertz CT molecular complexity index is 132. The van der Waals surface area contributed by atoms with E-state index < -0.39 is 0 Å². The fraction of sp³-hybridized carbons (Fsp3) is 0.250. The summed E-state index contributed by atoms with van der Waals surface area (Å²) in [7, 11) is 0. The Morgan fingerprint density at radius 2 is 2.33 bits per heavy atom. The van der Waals surface area contributed by atoms with Gasteiger partial charge in [0.2, 0.25) is 0 Å². The summed E-state index contributed by atoms with van der Waals surface area (Å²) >= 11 is 0. The Balaban J connectivity index is 3.56. The molecule has 0 heterocycles. The average Bonchev–Trinajstić information content (AvgIpc) is 1.89. The molecule has 1 N–H and O–H groups in total. The van der Waals surface area contributed by atoms with E-state index in [-0.39, 0.29) is 0 Å². The molecule has 0 aromatic carbocycles. The highest BCUT2D eigenvalue weighted by atomic mass is 16.3. The summed E-state index contributed by atoms with van der Waals surface area (Å²) in [6, 6.07) is 0. The Hall–Kier alpha value is -0.980. The Labute approximate surface area is 56.0 Å². The molecule has 0 fully saturated rings. The highest BCUT2D eigenvalue weighted by molar-refractivity contribution is 5.09. The van der Waals surface area contributed by atoms with Gasteiger partial charge in [-0.05, 0) is 25.5 Å². The number of allylic oxidation sites excluding steroid dienone is 4. The van der Waals surface area contributed by atoms with Gasteiger partial charge in [0.1, 0.15) is 5.76 Å². The van der Waals surface area contributed by atoms with Crippen LogP contribution < -0.4 is 0 Å². The van der Waals surface area contributed by atoms with Crippen molar-refractivity contribution in [2.45, 2.75) is 13.3 Å². The van der Waals surface area contributed by atoms with Gasteiger partial charge in [-0.3, -0.25) is 0 Å². The van der Waals surface area contributed by atoms with Crippen molar-refractivity contribution in [3.05, 3.63) is 36.6 Å². The Morgan fingerprint density at radius 1 is 1.67 bits per heavy atom. The first-order chi connectivity index (χ1) is 4.31. The van der Waals surface area contributed by atoms with Crippen LogP contribution in [0, 0.1) is 0 Å². The van der Waals surface area contributed by atoms with Crippen molar-refractivity contribution >= 4 is 0 Å². The van der Waals surface area contributed by atoms with Crippen molar-refractivity contribution in [2.24, 2.45) is 0 Å². The third-order valence-electron chi connectivity index (χ3n) is 0.887. The predicted molar refractivity (Wildman–Crippen MR) is 40.3 cm³/mol. The second kappa shape index (κ2) is 5.16. The van der Waals surface area contributed by atoms with Crippen LogP contribution in [-0.4, -0.2) is 5.11 Å². The molecule has 0 rings (SSSR count). The first-order valence-corrected chi connectivity index (χ1v) is 2.94. The van der Waals surface area contributed by atoms with Crippen molar-refractivity contribution < 1.29 is 5.11 Å². The van der Waals surface area contributed by atoms with Crippen LogP contribution in [0.3, 0.4) is 0 Å². The maximum atomic E-state index is 8.82. The summed E-state index contributed by atoms with van der Waals surface area (Å²) in [5, 5.41) is 8.82. The molecule has 0 aromatic heterocycles. The van der Waals surface area contributed by atoms with Crippen molar-refractivity contribution in [2.75, 3.05) is 0 Å². The van der Waals surface area contributed by atoms with Gasteiger partial charge in [-0.25, -0.2) is 0 Å². The van der Waals surface area contributed by atoms with Gasteiger partial charge in [-0.2, -0.15) is 0 Å². The minimum absolute atomic E-state index is 0.303. The summed E-state index contributed by atoms with van der Waals surface area (Å²) < 4.78 is 0. The maximum absolute atomic E-state index is 8.82. The fourth-order valence-corrected chi connectivity index (χ4v) is 0.381. The lowest BCUT2D eigenvalue weighted by Gasteiger charge is -1.84. The van der Waals surface area contributed by atoms with Gasteiger partial charge in [0.05, 0.1) is 0 Å². The Kier molecular flexibility index (Phi) is 4.60. The van der Waals surface area contributed by atoms with Crippen LogP contribution in [0.1, 0.15) is 13.3 Å². The zero-order valence-electron chi connectivity index (χ0n) is 5.67. The van der Waals surface area contributed by atoms with E-state index >= 15 is 0 Å². The molecule has 0 radical (unpaired) electrons. The molecule has 0 aliphatic rings. The number of aliphatic hydroxyl groups is 1. The zero-order valence-corrected chi connectivity index (χ0v) is 5.67. The van der Waals surface area contributed by atoms with E-state index in [1.165, 1.54) is 0 Å². The highest BCUT2D eigenvalue weighted by Gasteiger charge is 1.76. The average molecular weight is 124 g/mol. The quantitative estimate of drug-likeness (QED) is 0.348. The van der Waals surface area contributed by atoms with Gasteiger partial charge < -0.3 is 5.11 Å². The molecule has 50 valence electrons. The zero-order chi connectivity index (χ0) is 7.11. The molecule has 0 unspecified atom stereocenters. The van der Waals surface area contributed by atoms with Crippen LogP contribution in [0.5, 0.6) is 0 Å². The molecule has 0 amide bonds. The van der Waals surface area contributed by atoms with Crippen LogP contribution in [-0.2, 0) is 0 Å². The number of aliphatic hydroxyl groups excluding tert-OH is 1. The molecular weight excluding hydrogens is 112 g/mol. The van der Waals surface area contributed by atoms with E-state index in [9.17, 15) is 0 Å². The third-order valence-corrected chi connectivity index (χ3v) is 0.887. The molecule has 0 saturated heterocycles. The van der Waals surface area contributed by atoms with Crippen molar-refractivity contribution in [3.8, 4) is 0 Å². The molecule has 0 saturated carbocycles. The summed E-state index contributed by atoms with van der Waals surface area (Å²) in [5.41, 5.74) is 0. The van der Waals surface area contributed by atoms with E-state index in [1.807, 2.05) is 6.08 Å². The van der Waals surface area contributed by atoms with Crippen LogP contribution in [0.4, 0.5) is 0 Å². The molecular formula is C8H12O. The summed E-state index contributed by atoms with van der Waals surface area (Å²) in [6.07, 6.45) is 7.72. The van der Waals surface area contributed by atoms with Gasteiger partial charge >= 0.3 is 0 Å². The minimum atomic E-state index is 0.303. The van der Waals surface area contributed by atoms with Gasteiger partial charge in [-0.15, -0.1) is 6.58 Å². The van der Waals surface area contributed by atoms with E-state index in [0.29, 0.717) is 5.76 Å². The monoisotopic (exact) mass is 124 g/mol. The first-order valence-electron chi connectivity index (χ1n) is 2.94. The normalized spacial score (nSPS) is 12.3. The molecule has 0 aliphatic carbocycles. The van der Waals surface area contributed by atoms with E-state index in [4.69, 9.17) is 5.11 Å². The minimum Gasteiger partial charge on any atom is -0.508 e. The second-order valence-corrected chi connectivity index (χ2v) is 1.64. The first kappa shape index (κ1) is 8.02. The molecule has 1 heteroatoms. The summed E-state index contributed by atoms with van der Waals surface area (Å²) in [4.78, 5) is 0. The number of hydrogen-bond donors (Lipinski definition) is 1. The smallest absolute Gasteiger partial charge is 0.111 e. The van der Waals surface area contributed by atoms with Crippen LogP contribution in [0.15, 0.2) is 36.6 Å². The summed E-state index contributed by atoms with van der Waals surface area (Å²) in [5.74, 6) is 0.303. The topological polar surface area (TPSA) is 20.2 Å². The van der Waals surface area contributed by atoms with Gasteiger partial charge in [0.25, 0.3) is 0 Å². The van der Waals surface area contributed by atoms with Crippen LogP contribution in [0.25, 0.3) is 0 Å². The fourth-order valence-electron chi connectivity index (χ4n) is 0.381. The van der Waals surface area contributed by atoms with Crippen molar-refractivity contribution in [1.82, 2.24) is 0 Å². The van der Waals surface area contributed by atoms with Gasteiger partial charge in [0.15, 0.2) is 0 Å². The third kappa shape index (κ3) is 4.88.